The summed E-state index contributed by atoms with van der Waals surface area (Å²) in [4.78, 5) is 31.0. The van der Waals surface area contributed by atoms with Crippen LogP contribution in [0.4, 0.5) is 11.5 Å². The van der Waals surface area contributed by atoms with E-state index in [4.69, 9.17) is 14.7 Å². The van der Waals surface area contributed by atoms with E-state index in [1.807, 2.05) is 11.1 Å². The Morgan fingerprint density at radius 3 is 2.72 bits per heavy atom. The van der Waals surface area contributed by atoms with E-state index in [0.717, 1.165) is 61.4 Å². The fourth-order valence-electron chi connectivity index (χ4n) is 6.25. The minimum Gasteiger partial charge on any atom is -0.462 e. The number of fused-ring (bicyclic) bond motifs is 2. The van der Waals surface area contributed by atoms with E-state index in [1.165, 1.54) is 34.9 Å². The third-order valence-corrected chi connectivity index (χ3v) is 8.71. The van der Waals surface area contributed by atoms with E-state index >= 15 is 0 Å². The van der Waals surface area contributed by atoms with Crippen molar-refractivity contribution in [1.29, 1.82) is 0 Å². The Labute approximate surface area is 229 Å². The number of piperazine rings is 1. The third kappa shape index (κ3) is 4.82. The number of hydrogen-bond donors (Lipinski definition) is 1. The molecule has 3 aliphatic heterocycles. The maximum atomic E-state index is 12.2. The number of carbonyl (C=O) groups excluding carboxylic acids is 1. The van der Waals surface area contributed by atoms with Crippen LogP contribution in [0.1, 0.15) is 35.2 Å². The number of rotatable bonds is 6. The molecule has 0 spiro atoms. The number of hydrogen-bond acceptors (Lipinski definition) is 8. The number of nitrogens with one attached hydrogen (secondary N) is 1. The summed E-state index contributed by atoms with van der Waals surface area (Å²) in [6.07, 6.45) is 6.49. The topological polar surface area (TPSA) is 93.7 Å². The van der Waals surface area contributed by atoms with Crippen LogP contribution < -0.4 is 14.5 Å². The molecule has 1 N–H and O–H groups in total. The second kappa shape index (κ2) is 10.5. The Morgan fingerprint density at radius 2 is 1.97 bits per heavy atom. The van der Waals surface area contributed by atoms with E-state index in [2.05, 4.69) is 58.4 Å². The van der Waals surface area contributed by atoms with Crippen LogP contribution in [0.25, 0.3) is 10.9 Å². The monoisotopic (exact) mass is 530 g/mol. The molecule has 0 radical (unpaired) electrons. The molecule has 0 unspecified atom stereocenters. The predicted molar refractivity (Wildman–Crippen MR) is 152 cm³/mol. The first-order valence-electron chi connectivity index (χ1n) is 14.0. The average molecular weight is 531 g/mol. The summed E-state index contributed by atoms with van der Waals surface area (Å²) in [5.74, 6) is 0.938. The summed E-state index contributed by atoms with van der Waals surface area (Å²) in [6.45, 7) is 14.0. The van der Waals surface area contributed by atoms with Gasteiger partial charge in [-0.3, -0.25) is 9.89 Å². The van der Waals surface area contributed by atoms with Gasteiger partial charge in [-0.15, -0.1) is 0 Å². The lowest BCUT2D eigenvalue weighted by atomic mass is 9.99. The largest absolute Gasteiger partial charge is 0.462 e. The summed E-state index contributed by atoms with van der Waals surface area (Å²) < 4.78 is 6.27. The van der Waals surface area contributed by atoms with E-state index in [0.29, 0.717) is 38.3 Å². The number of ether oxygens (including phenoxy) is 1. The highest BCUT2D eigenvalue weighted by Gasteiger charge is 2.30. The second-order valence-electron chi connectivity index (χ2n) is 11.0. The summed E-state index contributed by atoms with van der Waals surface area (Å²) in [6, 6.07) is 3.01. The molecule has 206 valence electrons. The molecule has 1 aromatic carbocycles. The van der Waals surface area contributed by atoms with Crippen molar-refractivity contribution in [1.82, 2.24) is 30.0 Å². The second-order valence-corrected chi connectivity index (χ2v) is 11.0. The number of aromatic amines is 1. The number of likely N-dealkylation sites (tertiary alicyclic amines) is 1. The van der Waals surface area contributed by atoms with Crippen LogP contribution in [0.3, 0.4) is 0 Å². The number of likely N-dealkylation sites (N-methyl/N-ethyl adjacent to an activating group) is 1. The van der Waals surface area contributed by atoms with E-state index < -0.39 is 0 Å². The fourth-order valence-corrected chi connectivity index (χ4v) is 6.25. The molecule has 5 heterocycles. The molecule has 1 atom stereocenters. The number of amides is 1. The first-order valence-corrected chi connectivity index (χ1v) is 14.0. The van der Waals surface area contributed by atoms with Crippen LogP contribution in [-0.4, -0.2) is 94.8 Å². The fraction of sp³-hybridized carbons (Fsp3) is 0.517. The number of anilines is 2. The van der Waals surface area contributed by atoms with E-state index in [-0.39, 0.29) is 5.91 Å². The Bertz CT molecular complexity index is 1390. The summed E-state index contributed by atoms with van der Waals surface area (Å²) in [5.41, 5.74) is 6.99. The Hall–Kier alpha value is -3.66. The van der Waals surface area contributed by atoms with Crippen molar-refractivity contribution < 1.29 is 9.53 Å². The first kappa shape index (κ1) is 25.6. The van der Waals surface area contributed by atoms with E-state index in [9.17, 15) is 4.79 Å². The Balaban J connectivity index is 1.32. The van der Waals surface area contributed by atoms with Gasteiger partial charge in [-0.2, -0.15) is 15.1 Å². The highest BCUT2D eigenvalue weighted by atomic mass is 16.5. The van der Waals surface area contributed by atoms with Gasteiger partial charge in [0.1, 0.15) is 12.4 Å². The normalized spacial score (nSPS) is 20.0. The molecular weight excluding hydrogens is 492 g/mol. The highest BCUT2D eigenvalue weighted by molar-refractivity contribution is 5.94. The molecule has 10 heteroatoms. The van der Waals surface area contributed by atoms with Crippen LogP contribution >= 0.6 is 0 Å². The van der Waals surface area contributed by atoms with Crippen molar-refractivity contribution in [3.8, 4) is 6.01 Å². The van der Waals surface area contributed by atoms with Gasteiger partial charge in [0.25, 0.3) is 0 Å². The van der Waals surface area contributed by atoms with Crippen LogP contribution in [0.15, 0.2) is 24.9 Å². The van der Waals surface area contributed by atoms with Gasteiger partial charge >= 0.3 is 6.01 Å². The molecular formula is C29H38N8O2. The maximum absolute atomic E-state index is 12.2. The number of aryl methyl sites for hydroxylation is 1. The van der Waals surface area contributed by atoms with Gasteiger partial charge in [-0.1, -0.05) is 6.58 Å². The molecule has 0 aliphatic carbocycles. The van der Waals surface area contributed by atoms with Crippen LogP contribution in [-0.2, 0) is 17.8 Å². The predicted octanol–water partition coefficient (Wildman–Crippen LogP) is 2.84. The lowest BCUT2D eigenvalue weighted by Crippen LogP contribution is -2.49. The minimum atomic E-state index is -0.0150. The zero-order chi connectivity index (χ0) is 27.1. The minimum absolute atomic E-state index is 0.0150. The zero-order valence-corrected chi connectivity index (χ0v) is 23.2. The van der Waals surface area contributed by atoms with Crippen molar-refractivity contribution in [2.24, 2.45) is 0 Å². The molecule has 0 bridgehead atoms. The molecule has 10 nitrogen and oxygen atoms in total. The number of H-pyrrole nitrogens is 1. The quantitative estimate of drug-likeness (QED) is 0.487. The zero-order valence-electron chi connectivity index (χ0n) is 23.2. The molecule has 1 amide bonds. The Kier molecular flexibility index (Phi) is 6.88. The standard InChI is InChI=1S/C29H38N8O2/c1-5-26(38)35-11-13-36(14-12-35)28-22-8-10-37(27-20(3)19(2)15-24-23(27)16-30-33-24)17-25(22)31-29(32-28)39-18-21-7-6-9-34(21)4/h5,15-16,21H,1,6-14,17-18H2,2-4H3,(H,30,33)/t21-/m0/s1. The number of benzene rings is 1. The van der Waals surface area contributed by atoms with E-state index in [1.54, 1.807) is 0 Å². The maximum Gasteiger partial charge on any atom is 0.318 e. The SMILES string of the molecule is C=CC(=O)N1CCN(c2nc(OC[C@@H]3CCCN3C)nc3c2CCN(c2c(C)c(C)cc4[nH]ncc24)C3)CC1. The molecule has 3 aromatic rings. The summed E-state index contributed by atoms with van der Waals surface area (Å²) in [7, 11) is 2.16. The van der Waals surface area contributed by atoms with Crippen molar-refractivity contribution in [2.75, 3.05) is 62.7 Å². The van der Waals surface area contributed by atoms with Crippen LogP contribution in [0, 0.1) is 13.8 Å². The Morgan fingerprint density at radius 1 is 1.15 bits per heavy atom. The first-order chi connectivity index (χ1) is 18.9. The van der Waals surface area contributed by atoms with Gasteiger partial charge in [0.15, 0.2) is 0 Å². The van der Waals surface area contributed by atoms with Gasteiger partial charge < -0.3 is 24.3 Å². The van der Waals surface area contributed by atoms with Gasteiger partial charge in [0.05, 0.1) is 29.6 Å². The van der Waals surface area contributed by atoms with Crippen molar-refractivity contribution in [3.63, 3.8) is 0 Å². The smallest absolute Gasteiger partial charge is 0.318 e. The van der Waals surface area contributed by atoms with Gasteiger partial charge in [0, 0.05) is 49.7 Å². The van der Waals surface area contributed by atoms with Gasteiger partial charge in [-0.05, 0) is 70.0 Å². The molecule has 3 aliphatic rings. The van der Waals surface area contributed by atoms with Crippen LogP contribution in [0.2, 0.25) is 0 Å². The number of nitrogens with zero attached hydrogens (tertiary/aromatic N) is 7. The number of carbonyl (C=O) groups is 1. The highest BCUT2D eigenvalue weighted by Crippen LogP contribution is 2.37. The summed E-state index contributed by atoms with van der Waals surface area (Å²) in [5, 5.41) is 8.61. The van der Waals surface area contributed by atoms with Crippen LogP contribution in [0.5, 0.6) is 6.01 Å². The van der Waals surface area contributed by atoms with Crippen molar-refractivity contribution in [2.45, 2.75) is 45.7 Å². The molecule has 2 aromatic heterocycles. The molecule has 2 saturated heterocycles. The average Bonchev–Trinajstić information content (AvgIpc) is 3.59. The molecule has 2 fully saturated rings. The number of aromatic nitrogens is 4. The molecule has 6 rings (SSSR count). The lowest BCUT2D eigenvalue weighted by Gasteiger charge is -2.38. The van der Waals surface area contributed by atoms with Gasteiger partial charge in [0.2, 0.25) is 5.91 Å². The van der Waals surface area contributed by atoms with Gasteiger partial charge in [-0.25, -0.2) is 0 Å². The summed E-state index contributed by atoms with van der Waals surface area (Å²) >= 11 is 0. The lowest BCUT2D eigenvalue weighted by molar-refractivity contribution is -0.126. The molecule has 0 saturated carbocycles. The third-order valence-electron chi connectivity index (χ3n) is 8.71. The van der Waals surface area contributed by atoms with Crippen molar-refractivity contribution >= 4 is 28.3 Å². The molecule has 39 heavy (non-hydrogen) atoms. The van der Waals surface area contributed by atoms with Crippen molar-refractivity contribution in [3.05, 3.63) is 47.3 Å².